The average Bonchev–Trinajstić information content (AvgIpc) is 3.37. The van der Waals surface area contributed by atoms with Crippen molar-refractivity contribution in [2.45, 2.75) is 24.9 Å². The number of benzene rings is 2. The van der Waals surface area contributed by atoms with Crippen molar-refractivity contribution >= 4 is 29.3 Å². The molecule has 1 aliphatic heterocycles. The number of alkyl halides is 3. The van der Waals surface area contributed by atoms with Gasteiger partial charge in [0, 0.05) is 30.3 Å². The number of amides is 3. The summed E-state index contributed by atoms with van der Waals surface area (Å²) in [5.74, 6) is -1.23. The lowest BCUT2D eigenvalue weighted by atomic mass is 9.91. The molecule has 0 spiro atoms. The van der Waals surface area contributed by atoms with E-state index in [9.17, 15) is 27.2 Å². The second-order valence-corrected chi connectivity index (χ2v) is 9.56. The summed E-state index contributed by atoms with van der Waals surface area (Å²) < 4.78 is 52.4. The SMILES string of the molecule is NC(=O)c1c(-c2ccc(NC(=O)N3CCC[C@@H](c4ccc(F)cc4)C3)cc2)n[nH]c1Nc1cccc(C(F)(F)F)n1. The summed E-state index contributed by atoms with van der Waals surface area (Å²) in [6, 6.07) is 15.9. The number of pyridine rings is 1. The van der Waals surface area contributed by atoms with Gasteiger partial charge >= 0.3 is 12.2 Å². The van der Waals surface area contributed by atoms with Gasteiger partial charge in [0.1, 0.15) is 34.4 Å². The summed E-state index contributed by atoms with van der Waals surface area (Å²) in [4.78, 5) is 30.5. The number of aromatic amines is 1. The number of piperidine rings is 1. The molecule has 5 rings (SSSR count). The predicted octanol–water partition coefficient (Wildman–Crippen LogP) is 5.88. The van der Waals surface area contributed by atoms with E-state index in [1.54, 1.807) is 41.3 Å². The Balaban J connectivity index is 1.28. The van der Waals surface area contributed by atoms with Gasteiger partial charge in [0.25, 0.3) is 5.91 Å². The number of hydrogen-bond acceptors (Lipinski definition) is 5. The lowest BCUT2D eigenvalue weighted by molar-refractivity contribution is -0.141. The molecule has 13 heteroatoms. The Hall–Kier alpha value is -4.94. The standard InChI is InChI=1S/C28H25F4N7O2/c29-19-10-6-16(7-11-19)18-3-2-14-39(15-18)27(41)34-20-12-8-17(9-13-20)24-23(25(33)40)26(38-37-24)36-22-5-1-4-21(35-22)28(30,31)32/h1,4-13,18H,2-3,14-15H2,(H2,33,40)(H,34,41)(H2,35,36,37,38)/t18-/m1/s1. The Morgan fingerprint density at radius 3 is 2.44 bits per heavy atom. The molecule has 1 aliphatic rings. The first-order chi connectivity index (χ1) is 19.6. The van der Waals surface area contributed by atoms with Crippen LogP contribution in [0.5, 0.6) is 0 Å². The highest BCUT2D eigenvalue weighted by Gasteiger charge is 2.32. The summed E-state index contributed by atoms with van der Waals surface area (Å²) in [5, 5.41) is 12.2. The van der Waals surface area contributed by atoms with Crippen molar-refractivity contribution in [1.29, 1.82) is 0 Å². The Bertz CT molecular complexity index is 1550. The van der Waals surface area contributed by atoms with Crippen molar-refractivity contribution in [3.05, 3.63) is 89.4 Å². The van der Waals surface area contributed by atoms with E-state index in [0.29, 0.717) is 24.3 Å². The summed E-state index contributed by atoms with van der Waals surface area (Å²) in [6.07, 6.45) is -2.93. The molecule has 4 aromatic rings. The number of nitrogens with one attached hydrogen (secondary N) is 3. The third-order valence-electron chi connectivity index (χ3n) is 6.76. The van der Waals surface area contributed by atoms with E-state index in [0.717, 1.165) is 24.5 Å². The maximum atomic E-state index is 13.3. The number of nitrogens with two attached hydrogens (primary N) is 1. The zero-order valence-electron chi connectivity index (χ0n) is 21.5. The van der Waals surface area contributed by atoms with Gasteiger partial charge < -0.3 is 21.3 Å². The first kappa shape index (κ1) is 27.6. The maximum Gasteiger partial charge on any atom is 0.433 e. The van der Waals surface area contributed by atoms with Gasteiger partial charge in [0.2, 0.25) is 0 Å². The van der Waals surface area contributed by atoms with Crippen LogP contribution in [0.1, 0.15) is 40.4 Å². The second-order valence-electron chi connectivity index (χ2n) is 9.56. The van der Waals surface area contributed by atoms with Gasteiger partial charge in [-0.25, -0.2) is 14.2 Å². The van der Waals surface area contributed by atoms with Gasteiger partial charge in [-0.3, -0.25) is 9.89 Å². The van der Waals surface area contributed by atoms with E-state index in [1.165, 1.54) is 24.3 Å². The van der Waals surface area contributed by atoms with Crippen LogP contribution in [0.3, 0.4) is 0 Å². The van der Waals surface area contributed by atoms with Crippen LogP contribution in [0.2, 0.25) is 0 Å². The molecule has 41 heavy (non-hydrogen) atoms. The summed E-state index contributed by atoms with van der Waals surface area (Å²) in [6.45, 7) is 1.09. The van der Waals surface area contributed by atoms with Crippen molar-refractivity contribution in [1.82, 2.24) is 20.1 Å². The average molecular weight is 568 g/mol. The molecule has 2 aromatic carbocycles. The van der Waals surface area contributed by atoms with Crippen LogP contribution in [0.15, 0.2) is 66.7 Å². The molecular formula is C28H25F4N7O2. The number of carbonyl (C=O) groups is 2. The summed E-state index contributed by atoms with van der Waals surface area (Å²) in [5.41, 5.74) is 6.53. The predicted molar refractivity (Wildman–Crippen MR) is 144 cm³/mol. The Morgan fingerprint density at radius 1 is 1.02 bits per heavy atom. The highest BCUT2D eigenvalue weighted by atomic mass is 19.4. The minimum atomic E-state index is -4.64. The molecule has 212 valence electrons. The van der Waals surface area contributed by atoms with Gasteiger partial charge in [-0.2, -0.15) is 18.3 Å². The Kier molecular flexibility index (Phi) is 7.60. The van der Waals surface area contributed by atoms with Crippen molar-refractivity contribution in [2.75, 3.05) is 23.7 Å². The number of rotatable bonds is 6. The van der Waals surface area contributed by atoms with E-state index < -0.39 is 17.8 Å². The maximum absolute atomic E-state index is 13.3. The highest BCUT2D eigenvalue weighted by Crippen LogP contribution is 2.32. The first-order valence-electron chi connectivity index (χ1n) is 12.7. The van der Waals surface area contributed by atoms with E-state index >= 15 is 0 Å². The van der Waals surface area contributed by atoms with Crippen LogP contribution >= 0.6 is 0 Å². The number of primary amides is 1. The van der Waals surface area contributed by atoms with Crippen molar-refractivity contribution in [3.8, 4) is 11.3 Å². The number of aromatic nitrogens is 3. The Labute approximate surface area is 231 Å². The zero-order valence-corrected chi connectivity index (χ0v) is 21.5. The molecule has 2 aromatic heterocycles. The molecule has 0 radical (unpaired) electrons. The molecule has 9 nitrogen and oxygen atoms in total. The van der Waals surface area contributed by atoms with Crippen molar-refractivity contribution in [2.24, 2.45) is 5.73 Å². The molecule has 0 aliphatic carbocycles. The minimum Gasteiger partial charge on any atom is -0.365 e. The van der Waals surface area contributed by atoms with Crippen LogP contribution in [0.25, 0.3) is 11.3 Å². The smallest absolute Gasteiger partial charge is 0.365 e. The molecular weight excluding hydrogens is 542 g/mol. The highest BCUT2D eigenvalue weighted by molar-refractivity contribution is 6.04. The lowest BCUT2D eigenvalue weighted by Crippen LogP contribution is -2.41. The second kappa shape index (κ2) is 11.3. The molecule has 3 amide bonds. The number of likely N-dealkylation sites (tertiary alicyclic amines) is 1. The molecule has 0 saturated carbocycles. The van der Waals surface area contributed by atoms with Crippen LogP contribution in [0, 0.1) is 5.82 Å². The molecule has 0 unspecified atom stereocenters. The van der Waals surface area contributed by atoms with Gasteiger partial charge in [-0.05, 0) is 54.8 Å². The molecule has 1 saturated heterocycles. The number of halogens is 4. The number of H-pyrrole nitrogens is 1. The normalized spacial score (nSPS) is 15.4. The number of nitrogens with zero attached hydrogens (tertiary/aromatic N) is 3. The minimum absolute atomic E-state index is 0.0162. The van der Waals surface area contributed by atoms with E-state index in [2.05, 4.69) is 25.8 Å². The molecule has 0 bridgehead atoms. The molecule has 1 fully saturated rings. The van der Waals surface area contributed by atoms with E-state index in [-0.39, 0.29) is 40.7 Å². The van der Waals surface area contributed by atoms with Crippen LogP contribution in [-0.4, -0.2) is 45.1 Å². The quantitative estimate of drug-likeness (QED) is 0.216. The van der Waals surface area contributed by atoms with Gasteiger partial charge in [0.05, 0.1) is 0 Å². The van der Waals surface area contributed by atoms with Crippen LogP contribution in [-0.2, 0) is 6.18 Å². The zero-order chi connectivity index (χ0) is 29.1. The topological polar surface area (TPSA) is 129 Å². The molecule has 5 N–H and O–H groups in total. The molecule has 1 atom stereocenters. The van der Waals surface area contributed by atoms with Crippen molar-refractivity contribution < 1.29 is 27.2 Å². The van der Waals surface area contributed by atoms with Gasteiger partial charge in [-0.15, -0.1) is 0 Å². The van der Waals surface area contributed by atoms with Crippen LogP contribution < -0.4 is 16.4 Å². The van der Waals surface area contributed by atoms with E-state index in [1.807, 2.05) is 0 Å². The monoisotopic (exact) mass is 567 g/mol. The van der Waals surface area contributed by atoms with Crippen molar-refractivity contribution in [3.63, 3.8) is 0 Å². The summed E-state index contributed by atoms with van der Waals surface area (Å²) >= 11 is 0. The first-order valence-corrected chi connectivity index (χ1v) is 12.7. The number of hydrogen-bond donors (Lipinski definition) is 4. The van der Waals surface area contributed by atoms with Gasteiger partial charge in [-0.1, -0.05) is 30.3 Å². The lowest BCUT2D eigenvalue weighted by Gasteiger charge is -2.33. The Morgan fingerprint density at radius 2 is 1.76 bits per heavy atom. The number of urea groups is 1. The fourth-order valence-corrected chi connectivity index (χ4v) is 4.75. The largest absolute Gasteiger partial charge is 0.433 e. The summed E-state index contributed by atoms with van der Waals surface area (Å²) in [7, 11) is 0. The fraction of sp³-hybridized carbons (Fsp3) is 0.214. The third-order valence-corrected chi connectivity index (χ3v) is 6.76. The third kappa shape index (κ3) is 6.29. The van der Waals surface area contributed by atoms with Gasteiger partial charge in [0.15, 0.2) is 0 Å². The van der Waals surface area contributed by atoms with E-state index in [4.69, 9.17) is 5.73 Å². The molecule has 3 heterocycles. The fourth-order valence-electron chi connectivity index (χ4n) is 4.75. The number of anilines is 3. The number of carbonyl (C=O) groups excluding carboxylic acids is 2. The van der Waals surface area contributed by atoms with Crippen LogP contribution in [0.4, 0.5) is 39.7 Å².